The molecule has 0 aliphatic rings. The molecule has 7 nitrogen and oxygen atoms in total. The van der Waals surface area contributed by atoms with E-state index in [1.165, 1.54) is 32.4 Å². The minimum absolute atomic E-state index is 0.0665. The van der Waals surface area contributed by atoms with Crippen molar-refractivity contribution in [1.82, 2.24) is 0 Å². The average molecular weight is 371 g/mol. The molecule has 0 heterocycles. The third kappa shape index (κ3) is 5.57. The molecule has 0 saturated heterocycles. The number of aryl methyl sites for hydroxylation is 1. The standard InChI is InChI=1S/C20H21NO6/c1-13-5-4-6-15(11-13)27-10-9-18(22)21-17-12-14(19(23)25-2)7-8-16(17)20(24)26-3/h4-8,11-12H,9-10H2,1-3H3,(H,21,22). The Bertz CT molecular complexity index is 846. The molecule has 0 spiro atoms. The van der Waals surface area contributed by atoms with Gasteiger partial charge in [-0.15, -0.1) is 0 Å². The second kappa shape index (κ2) is 9.38. The number of methoxy groups -OCH3 is 2. The lowest BCUT2D eigenvalue weighted by Gasteiger charge is -2.12. The number of hydrogen-bond acceptors (Lipinski definition) is 6. The van der Waals surface area contributed by atoms with Crippen molar-refractivity contribution < 1.29 is 28.6 Å². The largest absolute Gasteiger partial charge is 0.493 e. The molecule has 27 heavy (non-hydrogen) atoms. The van der Waals surface area contributed by atoms with Crippen LogP contribution in [0.5, 0.6) is 5.75 Å². The van der Waals surface area contributed by atoms with Crippen LogP contribution in [0, 0.1) is 6.92 Å². The molecular formula is C20H21NO6. The summed E-state index contributed by atoms with van der Waals surface area (Å²) >= 11 is 0. The lowest BCUT2D eigenvalue weighted by Crippen LogP contribution is -2.18. The molecule has 0 fully saturated rings. The fourth-order valence-corrected chi connectivity index (χ4v) is 2.36. The third-order valence-electron chi connectivity index (χ3n) is 3.71. The van der Waals surface area contributed by atoms with Crippen LogP contribution in [0.4, 0.5) is 5.69 Å². The highest BCUT2D eigenvalue weighted by atomic mass is 16.5. The van der Waals surface area contributed by atoms with Crippen LogP contribution in [0.2, 0.25) is 0 Å². The van der Waals surface area contributed by atoms with Gasteiger partial charge in [0.25, 0.3) is 0 Å². The number of benzene rings is 2. The quantitative estimate of drug-likeness (QED) is 0.753. The highest BCUT2D eigenvalue weighted by Gasteiger charge is 2.17. The van der Waals surface area contributed by atoms with Gasteiger partial charge in [0.1, 0.15) is 5.75 Å². The van der Waals surface area contributed by atoms with E-state index in [0.29, 0.717) is 5.75 Å². The first-order chi connectivity index (χ1) is 12.9. The molecular weight excluding hydrogens is 350 g/mol. The second-order valence-electron chi connectivity index (χ2n) is 5.71. The molecule has 2 rings (SSSR count). The number of nitrogens with one attached hydrogen (secondary N) is 1. The van der Waals surface area contributed by atoms with E-state index >= 15 is 0 Å². The van der Waals surface area contributed by atoms with Crippen LogP contribution in [0.25, 0.3) is 0 Å². The van der Waals surface area contributed by atoms with E-state index in [-0.39, 0.29) is 35.7 Å². The molecule has 0 aromatic heterocycles. The number of esters is 2. The molecule has 2 aromatic carbocycles. The summed E-state index contributed by atoms with van der Waals surface area (Å²) in [7, 11) is 2.48. The Balaban J connectivity index is 2.05. The average Bonchev–Trinajstić information content (AvgIpc) is 2.66. The zero-order valence-electron chi connectivity index (χ0n) is 15.4. The van der Waals surface area contributed by atoms with Crippen molar-refractivity contribution in [2.75, 3.05) is 26.1 Å². The summed E-state index contributed by atoms with van der Waals surface area (Å²) in [6.07, 6.45) is 0.0665. The summed E-state index contributed by atoms with van der Waals surface area (Å²) in [5.74, 6) is -0.900. The van der Waals surface area contributed by atoms with Gasteiger partial charge in [0.05, 0.1) is 44.1 Å². The Kier molecular flexibility index (Phi) is 6.93. The monoisotopic (exact) mass is 371 g/mol. The molecule has 7 heteroatoms. The van der Waals surface area contributed by atoms with Crippen LogP contribution in [0.3, 0.4) is 0 Å². The van der Waals surface area contributed by atoms with E-state index in [1.54, 1.807) is 6.07 Å². The van der Waals surface area contributed by atoms with Crippen molar-refractivity contribution in [2.45, 2.75) is 13.3 Å². The Morgan fingerprint density at radius 3 is 2.37 bits per heavy atom. The van der Waals surface area contributed by atoms with Gasteiger partial charge < -0.3 is 19.5 Å². The summed E-state index contributed by atoms with van der Waals surface area (Å²) in [5, 5.41) is 2.62. The van der Waals surface area contributed by atoms with Gasteiger partial charge in [-0.2, -0.15) is 0 Å². The Morgan fingerprint density at radius 2 is 1.70 bits per heavy atom. The first-order valence-corrected chi connectivity index (χ1v) is 8.24. The van der Waals surface area contributed by atoms with Crippen molar-refractivity contribution in [1.29, 1.82) is 0 Å². The van der Waals surface area contributed by atoms with Gasteiger partial charge in [0.2, 0.25) is 5.91 Å². The SMILES string of the molecule is COC(=O)c1ccc(C(=O)OC)c(NC(=O)CCOc2cccc(C)c2)c1. The number of carbonyl (C=O) groups is 3. The summed E-state index contributed by atoms with van der Waals surface area (Å²) in [4.78, 5) is 35.8. The molecule has 1 amide bonds. The maximum Gasteiger partial charge on any atom is 0.339 e. The number of hydrogen-bond donors (Lipinski definition) is 1. The lowest BCUT2D eigenvalue weighted by molar-refractivity contribution is -0.116. The van der Waals surface area contributed by atoms with Crippen molar-refractivity contribution in [3.05, 3.63) is 59.2 Å². The fourth-order valence-electron chi connectivity index (χ4n) is 2.36. The highest BCUT2D eigenvalue weighted by molar-refractivity contribution is 6.03. The smallest absolute Gasteiger partial charge is 0.339 e. The minimum atomic E-state index is -0.627. The van der Waals surface area contributed by atoms with E-state index < -0.39 is 11.9 Å². The summed E-state index contributed by atoms with van der Waals surface area (Å²) < 4.78 is 14.9. The van der Waals surface area contributed by atoms with Crippen molar-refractivity contribution >= 4 is 23.5 Å². The maximum atomic E-state index is 12.2. The second-order valence-corrected chi connectivity index (χ2v) is 5.71. The molecule has 2 aromatic rings. The van der Waals surface area contributed by atoms with E-state index in [4.69, 9.17) is 9.47 Å². The van der Waals surface area contributed by atoms with E-state index in [0.717, 1.165) is 5.56 Å². The van der Waals surface area contributed by atoms with E-state index in [1.807, 2.05) is 25.1 Å². The van der Waals surface area contributed by atoms with E-state index in [9.17, 15) is 14.4 Å². The highest BCUT2D eigenvalue weighted by Crippen LogP contribution is 2.20. The Labute approximate surface area is 157 Å². The van der Waals surface area contributed by atoms with Gasteiger partial charge in [0.15, 0.2) is 0 Å². The molecule has 1 N–H and O–H groups in total. The number of ether oxygens (including phenoxy) is 3. The van der Waals surface area contributed by atoms with Crippen molar-refractivity contribution in [3.63, 3.8) is 0 Å². The third-order valence-corrected chi connectivity index (χ3v) is 3.71. The minimum Gasteiger partial charge on any atom is -0.493 e. The zero-order chi connectivity index (χ0) is 19.8. The lowest BCUT2D eigenvalue weighted by atomic mass is 10.1. The first kappa shape index (κ1) is 20.0. The number of carbonyl (C=O) groups excluding carboxylic acids is 3. The predicted molar refractivity (Wildman–Crippen MR) is 99.0 cm³/mol. The molecule has 0 atom stereocenters. The van der Waals surface area contributed by atoms with Crippen LogP contribution < -0.4 is 10.1 Å². The van der Waals surface area contributed by atoms with Crippen LogP contribution >= 0.6 is 0 Å². The molecule has 0 aliphatic carbocycles. The molecule has 0 saturated carbocycles. The topological polar surface area (TPSA) is 90.9 Å². The van der Waals surface area contributed by atoms with Crippen LogP contribution in [0.15, 0.2) is 42.5 Å². The Hall–Kier alpha value is -3.35. The summed E-state index contributed by atoms with van der Waals surface area (Å²) in [6, 6.07) is 11.7. The number of rotatable bonds is 7. The molecule has 0 radical (unpaired) electrons. The van der Waals surface area contributed by atoms with Crippen LogP contribution in [0.1, 0.15) is 32.7 Å². The van der Waals surface area contributed by atoms with Gasteiger partial charge in [-0.25, -0.2) is 9.59 Å². The van der Waals surface area contributed by atoms with Crippen LogP contribution in [-0.2, 0) is 14.3 Å². The molecule has 0 bridgehead atoms. The van der Waals surface area contributed by atoms with Crippen molar-refractivity contribution in [2.24, 2.45) is 0 Å². The first-order valence-electron chi connectivity index (χ1n) is 8.24. The number of amides is 1. The summed E-state index contributed by atoms with van der Waals surface area (Å²) in [5.41, 5.74) is 1.57. The zero-order valence-corrected chi connectivity index (χ0v) is 15.4. The predicted octanol–water partition coefficient (Wildman–Crippen LogP) is 2.98. The summed E-state index contributed by atoms with van der Waals surface area (Å²) in [6.45, 7) is 2.11. The van der Waals surface area contributed by atoms with Gasteiger partial charge in [-0.05, 0) is 42.8 Å². The van der Waals surface area contributed by atoms with Gasteiger partial charge >= 0.3 is 11.9 Å². The normalized spacial score (nSPS) is 10.0. The maximum absolute atomic E-state index is 12.2. The van der Waals surface area contributed by atoms with E-state index in [2.05, 4.69) is 10.1 Å². The number of anilines is 1. The molecule has 142 valence electrons. The van der Waals surface area contributed by atoms with Gasteiger partial charge in [-0.3, -0.25) is 4.79 Å². The van der Waals surface area contributed by atoms with Crippen LogP contribution in [-0.4, -0.2) is 38.7 Å². The van der Waals surface area contributed by atoms with Gasteiger partial charge in [0, 0.05) is 0 Å². The molecule has 0 unspecified atom stereocenters. The molecule has 0 aliphatic heterocycles. The fraction of sp³-hybridized carbons (Fsp3) is 0.250. The Morgan fingerprint density at radius 1 is 0.963 bits per heavy atom. The van der Waals surface area contributed by atoms with Crippen molar-refractivity contribution in [3.8, 4) is 5.75 Å². The van der Waals surface area contributed by atoms with Gasteiger partial charge in [-0.1, -0.05) is 12.1 Å².